The van der Waals surface area contributed by atoms with Crippen LogP contribution in [0.15, 0.2) is 0 Å². The summed E-state index contributed by atoms with van der Waals surface area (Å²) in [6.07, 6.45) is 5.98. The van der Waals surface area contributed by atoms with Crippen molar-refractivity contribution in [1.29, 1.82) is 0 Å². The van der Waals surface area contributed by atoms with Crippen LogP contribution in [0, 0.1) is 17.3 Å². The molecule has 114 valence electrons. The highest BCUT2D eigenvalue weighted by Crippen LogP contribution is 2.65. The lowest BCUT2D eigenvalue weighted by Gasteiger charge is -2.64. The maximum absolute atomic E-state index is 6.37. The van der Waals surface area contributed by atoms with Crippen molar-refractivity contribution in [3.63, 3.8) is 0 Å². The highest BCUT2D eigenvalue weighted by molar-refractivity contribution is 9.09. The van der Waals surface area contributed by atoms with Crippen LogP contribution in [0.5, 0.6) is 0 Å². The van der Waals surface area contributed by atoms with Crippen LogP contribution in [-0.2, 0) is 9.31 Å². The maximum atomic E-state index is 6.37. The van der Waals surface area contributed by atoms with E-state index in [4.69, 9.17) is 15.0 Å². The van der Waals surface area contributed by atoms with Gasteiger partial charge in [0, 0.05) is 11.3 Å². The van der Waals surface area contributed by atoms with E-state index in [1.165, 1.54) is 12.8 Å². The summed E-state index contributed by atoms with van der Waals surface area (Å²) in [6, 6.07) is 0. The molecule has 3 saturated carbocycles. The van der Waals surface area contributed by atoms with Gasteiger partial charge in [-0.05, 0) is 49.9 Å². The molecule has 1 saturated heterocycles. The monoisotopic (exact) mass is 343 g/mol. The van der Waals surface area contributed by atoms with Gasteiger partial charge in [-0.1, -0.05) is 36.2 Å². The molecule has 5 heteroatoms. The predicted octanol–water partition coefficient (Wildman–Crippen LogP) is 3.15. The lowest BCUT2D eigenvalue weighted by Crippen LogP contribution is -2.65. The van der Waals surface area contributed by atoms with Crippen molar-refractivity contribution in [1.82, 2.24) is 0 Å². The molecule has 0 aromatic heterocycles. The average molecular weight is 344 g/mol. The van der Waals surface area contributed by atoms with Crippen LogP contribution in [0.2, 0.25) is 0 Å². The van der Waals surface area contributed by atoms with E-state index in [1.54, 1.807) is 0 Å². The molecule has 0 aromatic rings. The number of hydrogen-bond acceptors (Lipinski definition) is 3. The summed E-state index contributed by atoms with van der Waals surface area (Å²) in [5.41, 5.74) is 6.59. The molecule has 4 aliphatic rings. The number of hydrogen-bond donors (Lipinski definition) is 1. The minimum absolute atomic E-state index is 0.0109. The van der Waals surface area contributed by atoms with Crippen LogP contribution in [-0.4, -0.2) is 30.1 Å². The molecule has 3 aliphatic carbocycles. The zero-order valence-corrected chi connectivity index (χ0v) is 14.5. The van der Waals surface area contributed by atoms with Crippen LogP contribution in [0.25, 0.3) is 0 Å². The molecular formula is C15H27BBrNO2. The Labute approximate surface area is 131 Å². The molecule has 1 aliphatic heterocycles. The molecule has 4 fully saturated rings. The molecular weight excluding hydrogens is 317 g/mol. The number of halogens is 1. The first-order valence-corrected chi connectivity index (χ1v) is 9.16. The summed E-state index contributed by atoms with van der Waals surface area (Å²) < 4.78 is 12.6. The first-order chi connectivity index (χ1) is 9.39. The molecule has 2 N–H and O–H groups in total. The Bertz CT molecular complexity index is 381. The van der Waals surface area contributed by atoms with Gasteiger partial charge in [0.25, 0.3) is 0 Å². The standard InChI is InChI=1S/C15H27BBrNO2/c1-14(2)10-8-11(14)15(3)12(9-10)19-16(20-15)13(18)6-4-5-7-17/h10-13H,4-9,18H2,1-3H3/t10-,11-,12+,13-,15-/m0/s1. The Hall–Kier alpha value is 0.425. The van der Waals surface area contributed by atoms with E-state index in [0.717, 1.165) is 30.5 Å². The van der Waals surface area contributed by atoms with Crippen LogP contribution < -0.4 is 5.73 Å². The normalized spacial score (nSPS) is 43.0. The van der Waals surface area contributed by atoms with Gasteiger partial charge in [0.05, 0.1) is 11.7 Å². The fraction of sp³-hybridized carbons (Fsp3) is 1.00. The van der Waals surface area contributed by atoms with Gasteiger partial charge in [-0.15, -0.1) is 0 Å². The maximum Gasteiger partial charge on any atom is 0.475 e. The van der Waals surface area contributed by atoms with E-state index in [0.29, 0.717) is 11.3 Å². The average Bonchev–Trinajstić information content (AvgIpc) is 2.75. The third-order valence-electron chi connectivity index (χ3n) is 6.24. The molecule has 0 radical (unpaired) electrons. The van der Waals surface area contributed by atoms with Gasteiger partial charge >= 0.3 is 7.12 Å². The van der Waals surface area contributed by atoms with Gasteiger partial charge in [0.15, 0.2) is 0 Å². The Balaban J connectivity index is 1.64. The molecule has 0 unspecified atom stereocenters. The first kappa shape index (κ1) is 15.3. The number of unbranched alkanes of at least 4 members (excludes halogenated alkanes) is 1. The largest absolute Gasteiger partial charge is 0.475 e. The third kappa shape index (κ3) is 2.20. The molecule has 3 nitrogen and oxygen atoms in total. The summed E-state index contributed by atoms with van der Waals surface area (Å²) in [5, 5.41) is 1.05. The van der Waals surface area contributed by atoms with Crippen LogP contribution in [0.1, 0.15) is 52.9 Å². The van der Waals surface area contributed by atoms with Crippen molar-refractivity contribution < 1.29 is 9.31 Å². The van der Waals surface area contributed by atoms with Gasteiger partial charge in [-0.25, -0.2) is 0 Å². The summed E-state index contributed by atoms with van der Waals surface area (Å²) in [6.45, 7) is 7.03. The summed E-state index contributed by atoms with van der Waals surface area (Å²) in [7, 11) is -0.199. The summed E-state index contributed by atoms with van der Waals surface area (Å²) >= 11 is 3.46. The molecule has 1 heterocycles. The number of nitrogens with two attached hydrogens (primary N) is 1. The van der Waals surface area contributed by atoms with Crippen molar-refractivity contribution in [2.24, 2.45) is 23.0 Å². The van der Waals surface area contributed by atoms with Crippen LogP contribution >= 0.6 is 15.9 Å². The van der Waals surface area contributed by atoms with Gasteiger partial charge < -0.3 is 15.0 Å². The highest BCUT2D eigenvalue weighted by Gasteiger charge is 2.68. The predicted molar refractivity (Wildman–Crippen MR) is 85.7 cm³/mol. The lowest BCUT2D eigenvalue weighted by molar-refractivity contribution is -0.199. The smallest absolute Gasteiger partial charge is 0.404 e. The first-order valence-electron chi connectivity index (χ1n) is 8.04. The minimum Gasteiger partial charge on any atom is -0.404 e. The highest BCUT2D eigenvalue weighted by atomic mass is 79.9. The SMILES string of the molecule is CC1(C)[C@@H]2C[C@H]3OB([C@@H](N)CCCCBr)O[C@@]3(C)[C@H]1C2. The molecule has 5 atom stereocenters. The molecule has 0 aromatic carbocycles. The second-order valence-electron chi connectivity index (χ2n) is 7.69. The van der Waals surface area contributed by atoms with Crippen molar-refractivity contribution in [2.45, 2.75) is 70.5 Å². The van der Waals surface area contributed by atoms with E-state index < -0.39 is 0 Å². The van der Waals surface area contributed by atoms with Crippen molar-refractivity contribution in [2.75, 3.05) is 5.33 Å². The fourth-order valence-corrected chi connectivity index (χ4v) is 5.09. The van der Waals surface area contributed by atoms with Gasteiger partial charge in [0.1, 0.15) is 0 Å². The Morgan fingerprint density at radius 2 is 2.05 bits per heavy atom. The Kier molecular flexibility index (Phi) is 4.03. The van der Waals surface area contributed by atoms with Gasteiger partial charge in [-0.3, -0.25) is 0 Å². The van der Waals surface area contributed by atoms with Crippen LogP contribution in [0.3, 0.4) is 0 Å². The summed E-state index contributed by atoms with van der Waals surface area (Å²) in [5.74, 6) is 1.44. The zero-order chi connectivity index (χ0) is 14.5. The van der Waals surface area contributed by atoms with Crippen molar-refractivity contribution in [3.8, 4) is 0 Å². The summed E-state index contributed by atoms with van der Waals surface area (Å²) in [4.78, 5) is 0. The molecule has 2 bridgehead atoms. The molecule has 4 rings (SSSR count). The van der Waals surface area contributed by atoms with Crippen LogP contribution in [0.4, 0.5) is 0 Å². The molecule has 0 amide bonds. The Morgan fingerprint density at radius 3 is 2.70 bits per heavy atom. The minimum atomic E-state index is -0.199. The molecule has 0 spiro atoms. The topological polar surface area (TPSA) is 44.5 Å². The van der Waals surface area contributed by atoms with E-state index in [-0.39, 0.29) is 24.8 Å². The van der Waals surface area contributed by atoms with E-state index >= 15 is 0 Å². The second-order valence-corrected chi connectivity index (χ2v) is 8.48. The zero-order valence-electron chi connectivity index (χ0n) is 12.9. The number of rotatable bonds is 5. The van der Waals surface area contributed by atoms with E-state index in [2.05, 4.69) is 36.7 Å². The van der Waals surface area contributed by atoms with Crippen molar-refractivity contribution in [3.05, 3.63) is 0 Å². The Morgan fingerprint density at radius 1 is 1.30 bits per heavy atom. The second kappa shape index (κ2) is 5.25. The van der Waals surface area contributed by atoms with E-state index in [9.17, 15) is 0 Å². The van der Waals surface area contributed by atoms with Gasteiger partial charge in [0.2, 0.25) is 0 Å². The van der Waals surface area contributed by atoms with E-state index in [1.807, 2.05) is 0 Å². The lowest BCUT2D eigenvalue weighted by atomic mass is 9.43. The fourth-order valence-electron chi connectivity index (χ4n) is 4.69. The van der Waals surface area contributed by atoms with Gasteiger partial charge in [-0.2, -0.15) is 0 Å². The molecule has 20 heavy (non-hydrogen) atoms. The quantitative estimate of drug-likeness (QED) is 0.473. The third-order valence-corrected chi connectivity index (χ3v) is 6.80. The van der Waals surface area contributed by atoms with Crippen molar-refractivity contribution >= 4 is 23.0 Å². The number of alkyl halides is 1.